The molecule has 0 radical (unpaired) electrons. The fraction of sp³-hybridized carbons (Fsp3) is 0.0476. The van der Waals surface area contributed by atoms with E-state index in [1.807, 2.05) is 0 Å². The Hall–Kier alpha value is -5.40. The normalized spacial score (nSPS) is 11.5. The van der Waals surface area contributed by atoms with Gasteiger partial charge in [-0.05, 0) is 93.4 Å². The minimum absolute atomic E-state index is 1.17. The topological polar surface area (TPSA) is 4.93 Å². The van der Waals surface area contributed by atoms with Crippen LogP contribution >= 0.6 is 0 Å². The van der Waals surface area contributed by atoms with Crippen LogP contribution in [-0.2, 0) is 0 Å². The Kier molecular flexibility index (Phi) is 5.98. The zero-order valence-corrected chi connectivity index (χ0v) is 24.4. The van der Waals surface area contributed by atoms with Crippen molar-refractivity contribution in [2.24, 2.45) is 0 Å². The van der Waals surface area contributed by atoms with Crippen molar-refractivity contribution in [1.29, 1.82) is 0 Å². The van der Waals surface area contributed by atoms with Gasteiger partial charge in [0.25, 0.3) is 0 Å². The van der Waals surface area contributed by atoms with Crippen molar-refractivity contribution in [3.05, 3.63) is 163 Å². The van der Waals surface area contributed by atoms with Crippen molar-refractivity contribution in [3.8, 4) is 39.1 Å². The maximum atomic E-state index is 2.41. The molecule has 0 unspecified atom stereocenters. The lowest BCUT2D eigenvalue weighted by atomic mass is 9.93. The van der Waals surface area contributed by atoms with Gasteiger partial charge in [0.1, 0.15) is 0 Å². The van der Waals surface area contributed by atoms with Gasteiger partial charge in [0.15, 0.2) is 0 Å². The van der Waals surface area contributed by atoms with E-state index >= 15 is 0 Å². The van der Waals surface area contributed by atoms with Crippen molar-refractivity contribution in [1.82, 2.24) is 4.57 Å². The van der Waals surface area contributed by atoms with Crippen LogP contribution in [0.15, 0.2) is 152 Å². The molecule has 0 saturated carbocycles. The van der Waals surface area contributed by atoms with Gasteiger partial charge in [-0.1, -0.05) is 127 Å². The maximum Gasteiger partial charge on any atom is 0.0547 e. The number of nitrogens with zero attached hydrogens (tertiary/aromatic N) is 1. The summed E-state index contributed by atoms with van der Waals surface area (Å²) < 4.78 is 2.41. The second kappa shape index (κ2) is 10.2. The Morgan fingerprint density at radius 3 is 1.81 bits per heavy atom. The zero-order chi connectivity index (χ0) is 28.9. The van der Waals surface area contributed by atoms with E-state index in [9.17, 15) is 0 Å². The molecule has 43 heavy (non-hydrogen) atoms. The van der Waals surface area contributed by atoms with Crippen molar-refractivity contribution in [3.63, 3.8) is 0 Å². The molecule has 0 fully saturated rings. The quantitative estimate of drug-likeness (QED) is 0.206. The van der Waals surface area contributed by atoms with Gasteiger partial charge in [-0.25, -0.2) is 0 Å². The van der Waals surface area contributed by atoms with Crippen LogP contribution in [0.4, 0.5) is 0 Å². The lowest BCUT2D eigenvalue weighted by molar-refractivity contribution is 1.18. The Morgan fingerprint density at radius 1 is 0.372 bits per heavy atom. The lowest BCUT2D eigenvalue weighted by Crippen LogP contribution is -1.94. The second-order valence-corrected chi connectivity index (χ2v) is 11.5. The molecule has 0 saturated heterocycles. The minimum Gasteiger partial charge on any atom is -0.309 e. The summed E-state index contributed by atoms with van der Waals surface area (Å²) in [4.78, 5) is 0. The summed E-state index contributed by atoms with van der Waals surface area (Å²) in [6.07, 6.45) is 0. The molecule has 1 heterocycles. The van der Waals surface area contributed by atoms with Crippen molar-refractivity contribution in [2.45, 2.75) is 13.8 Å². The third-order valence-electron chi connectivity index (χ3n) is 8.89. The van der Waals surface area contributed by atoms with Gasteiger partial charge in [-0.2, -0.15) is 0 Å². The standard InChI is InChI=1S/C42H31N/c1-28-10-3-5-13-35(28)36-24-20-32(26-29(36)2)33-21-25-40-39-15-7-8-17-41(39)43(42(40)27-33)34-22-18-31(19-23-34)38-16-9-12-30-11-4-6-14-37(30)38/h3-27H,1-2H3. The molecule has 0 atom stereocenters. The molecule has 0 bridgehead atoms. The lowest BCUT2D eigenvalue weighted by Gasteiger charge is -2.13. The van der Waals surface area contributed by atoms with E-state index in [0.717, 1.165) is 0 Å². The van der Waals surface area contributed by atoms with Crippen LogP contribution in [0.5, 0.6) is 0 Å². The van der Waals surface area contributed by atoms with Crippen LogP contribution in [0.1, 0.15) is 11.1 Å². The number of aromatic nitrogens is 1. The maximum absolute atomic E-state index is 2.41. The molecule has 0 N–H and O–H groups in total. The predicted octanol–water partition coefficient (Wildman–Crippen LogP) is 11.6. The van der Waals surface area contributed by atoms with Crippen LogP contribution in [0.25, 0.3) is 71.6 Å². The Morgan fingerprint density at radius 2 is 0.977 bits per heavy atom. The smallest absolute Gasteiger partial charge is 0.0547 e. The number of fused-ring (bicyclic) bond motifs is 4. The summed E-state index contributed by atoms with van der Waals surface area (Å²) in [7, 11) is 0. The fourth-order valence-electron chi connectivity index (χ4n) is 6.72. The van der Waals surface area contributed by atoms with E-state index < -0.39 is 0 Å². The minimum atomic E-state index is 1.17. The van der Waals surface area contributed by atoms with E-state index in [2.05, 4.69) is 170 Å². The first-order valence-electron chi connectivity index (χ1n) is 14.9. The highest BCUT2D eigenvalue weighted by atomic mass is 15.0. The SMILES string of the molecule is Cc1ccccc1-c1ccc(-c2ccc3c4ccccc4n(-c4ccc(-c5cccc6ccccc56)cc4)c3c2)cc1C. The second-order valence-electron chi connectivity index (χ2n) is 11.5. The van der Waals surface area contributed by atoms with Crippen molar-refractivity contribution >= 4 is 32.6 Å². The zero-order valence-electron chi connectivity index (χ0n) is 24.4. The molecule has 1 nitrogen and oxygen atoms in total. The van der Waals surface area contributed by atoms with E-state index in [1.165, 1.54) is 82.8 Å². The third kappa shape index (κ3) is 4.24. The first-order chi connectivity index (χ1) is 21.2. The van der Waals surface area contributed by atoms with Gasteiger partial charge >= 0.3 is 0 Å². The molecule has 1 heteroatoms. The summed E-state index contributed by atoms with van der Waals surface area (Å²) in [5, 5.41) is 5.09. The molecular weight excluding hydrogens is 518 g/mol. The van der Waals surface area contributed by atoms with Crippen LogP contribution in [0.2, 0.25) is 0 Å². The molecule has 8 rings (SSSR count). The molecule has 0 aliphatic rings. The van der Waals surface area contributed by atoms with Gasteiger partial charge in [0.2, 0.25) is 0 Å². The molecule has 0 aliphatic heterocycles. The van der Waals surface area contributed by atoms with Gasteiger partial charge in [-0.15, -0.1) is 0 Å². The fourth-order valence-corrected chi connectivity index (χ4v) is 6.72. The summed E-state index contributed by atoms with van der Waals surface area (Å²) >= 11 is 0. The third-order valence-corrected chi connectivity index (χ3v) is 8.89. The van der Waals surface area contributed by atoms with Crippen LogP contribution < -0.4 is 0 Å². The first-order valence-corrected chi connectivity index (χ1v) is 14.9. The Labute approximate surface area is 252 Å². The van der Waals surface area contributed by atoms with Gasteiger partial charge in [0, 0.05) is 16.5 Å². The molecule has 0 spiro atoms. The number of aryl methyl sites for hydroxylation is 2. The molecule has 0 aliphatic carbocycles. The summed E-state index contributed by atoms with van der Waals surface area (Å²) in [5.74, 6) is 0. The molecule has 7 aromatic carbocycles. The summed E-state index contributed by atoms with van der Waals surface area (Å²) in [6.45, 7) is 4.41. The van der Waals surface area contributed by atoms with E-state index in [4.69, 9.17) is 0 Å². The average Bonchev–Trinajstić information content (AvgIpc) is 3.39. The molecule has 0 amide bonds. The Bertz CT molecular complexity index is 2290. The first kappa shape index (κ1) is 25.3. The molecule has 204 valence electrons. The van der Waals surface area contributed by atoms with Gasteiger partial charge < -0.3 is 4.57 Å². The van der Waals surface area contributed by atoms with E-state index in [0.29, 0.717) is 0 Å². The highest BCUT2D eigenvalue weighted by molar-refractivity contribution is 6.10. The van der Waals surface area contributed by atoms with Crippen LogP contribution in [-0.4, -0.2) is 4.57 Å². The predicted molar refractivity (Wildman–Crippen MR) is 184 cm³/mol. The van der Waals surface area contributed by atoms with Crippen LogP contribution in [0, 0.1) is 13.8 Å². The number of rotatable bonds is 4. The van der Waals surface area contributed by atoms with E-state index in [1.54, 1.807) is 0 Å². The molecular formula is C42H31N. The van der Waals surface area contributed by atoms with E-state index in [-0.39, 0.29) is 0 Å². The van der Waals surface area contributed by atoms with Crippen molar-refractivity contribution < 1.29 is 0 Å². The number of para-hydroxylation sites is 1. The average molecular weight is 550 g/mol. The van der Waals surface area contributed by atoms with Crippen molar-refractivity contribution in [2.75, 3.05) is 0 Å². The Balaban J connectivity index is 1.25. The monoisotopic (exact) mass is 549 g/mol. The number of benzene rings is 7. The highest BCUT2D eigenvalue weighted by Crippen LogP contribution is 2.37. The molecule has 8 aromatic rings. The number of hydrogen-bond acceptors (Lipinski definition) is 0. The number of hydrogen-bond donors (Lipinski definition) is 0. The van der Waals surface area contributed by atoms with Gasteiger partial charge in [-0.3, -0.25) is 0 Å². The summed E-state index contributed by atoms with van der Waals surface area (Å²) in [6, 6.07) is 55.4. The highest BCUT2D eigenvalue weighted by Gasteiger charge is 2.14. The van der Waals surface area contributed by atoms with Crippen LogP contribution in [0.3, 0.4) is 0 Å². The molecule has 1 aromatic heterocycles. The largest absolute Gasteiger partial charge is 0.309 e. The summed E-state index contributed by atoms with van der Waals surface area (Å²) in [5.41, 5.74) is 13.7. The van der Waals surface area contributed by atoms with Gasteiger partial charge in [0.05, 0.1) is 11.0 Å².